The lowest BCUT2D eigenvalue weighted by Gasteiger charge is -2.36. The van der Waals surface area contributed by atoms with Crippen LogP contribution in [0, 0.1) is 5.92 Å². The Bertz CT molecular complexity index is 759. The Morgan fingerprint density at radius 2 is 1.61 bits per heavy atom. The van der Waals surface area contributed by atoms with E-state index in [4.69, 9.17) is 4.74 Å². The van der Waals surface area contributed by atoms with Crippen molar-refractivity contribution in [3.8, 4) is 0 Å². The Morgan fingerprint density at radius 1 is 1.04 bits per heavy atom. The molecule has 0 fully saturated rings. The lowest BCUT2D eigenvalue weighted by molar-refractivity contribution is -0.149. The molecule has 0 saturated heterocycles. The highest BCUT2D eigenvalue weighted by Gasteiger charge is 2.50. The Morgan fingerprint density at radius 3 is 2.17 bits per heavy atom. The molecule has 116 valence electrons. The summed E-state index contributed by atoms with van der Waals surface area (Å²) in [5.74, 6) is -0.317. The van der Waals surface area contributed by atoms with E-state index < -0.39 is 5.60 Å². The standard InChI is InChI=1S/C21H20O2/c1-4-15(2)21(18-13-9-6-10-14-18)19(16(3)20(22)23-21)17-11-7-5-8-12-17/h4-15H,1H2,2-3H3. The van der Waals surface area contributed by atoms with Gasteiger partial charge in [0.25, 0.3) is 0 Å². The zero-order valence-corrected chi connectivity index (χ0v) is 13.5. The molecule has 1 aliphatic heterocycles. The summed E-state index contributed by atoms with van der Waals surface area (Å²) in [6.45, 7) is 7.82. The number of esters is 1. The van der Waals surface area contributed by atoms with Crippen molar-refractivity contribution in [2.24, 2.45) is 5.92 Å². The third-order valence-electron chi connectivity index (χ3n) is 4.57. The van der Waals surface area contributed by atoms with Crippen molar-refractivity contribution in [1.29, 1.82) is 0 Å². The predicted molar refractivity (Wildman–Crippen MR) is 92.6 cm³/mol. The highest BCUT2D eigenvalue weighted by Crippen LogP contribution is 2.51. The summed E-state index contributed by atoms with van der Waals surface area (Å²) in [5.41, 5.74) is 2.74. The minimum Gasteiger partial charge on any atom is -0.445 e. The maximum atomic E-state index is 12.5. The van der Waals surface area contributed by atoms with Crippen LogP contribution in [0.5, 0.6) is 0 Å². The molecule has 3 rings (SSSR count). The van der Waals surface area contributed by atoms with Crippen LogP contribution in [0.3, 0.4) is 0 Å². The predicted octanol–water partition coefficient (Wildman–Crippen LogP) is 4.73. The quantitative estimate of drug-likeness (QED) is 0.602. The maximum absolute atomic E-state index is 12.5. The Balaban J connectivity index is 2.31. The molecule has 2 unspecified atom stereocenters. The number of benzene rings is 2. The molecular weight excluding hydrogens is 284 g/mol. The van der Waals surface area contributed by atoms with E-state index in [1.807, 2.05) is 80.6 Å². The number of cyclic esters (lactones) is 1. The van der Waals surface area contributed by atoms with Gasteiger partial charge >= 0.3 is 5.97 Å². The van der Waals surface area contributed by atoms with Gasteiger partial charge in [-0.1, -0.05) is 73.7 Å². The normalized spacial score (nSPS) is 21.9. The molecule has 0 radical (unpaired) electrons. The lowest BCUT2D eigenvalue weighted by Crippen LogP contribution is -2.35. The van der Waals surface area contributed by atoms with Gasteiger partial charge in [0.1, 0.15) is 0 Å². The second kappa shape index (κ2) is 5.88. The summed E-state index contributed by atoms with van der Waals surface area (Å²) >= 11 is 0. The third kappa shape index (κ3) is 2.31. The zero-order chi connectivity index (χ0) is 16.4. The third-order valence-corrected chi connectivity index (χ3v) is 4.57. The first-order valence-electron chi connectivity index (χ1n) is 7.79. The van der Waals surface area contributed by atoms with Crippen molar-refractivity contribution in [2.75, 3.05) is 0 Å². The fourth-order valence-electron chi connectivity index (χ4n) is 3.33. The first-order valence-corrected chi connectivity index (χ1v) is 7.79. The first-order chi connectivity index (χ1) is 11.1. The van der Waals surface area contributed by atoms with Crippen molar-refractivity contribution in [2.45, 2.75) is 19.4 Å². The number of carbonyl (C=O) groups is 1. The number of rotatable bonds is 4. The summed E-state index contributed by atoms with van der Waals surface area (Å²) in [4.78, 5) is 12.5. The summed E-state index contributed by atoms with van der Waals surface area (Å²) in [6.07, 6.45) is 1.85. The Kier molecular flexibility index (Phi) is 3.91. The van der Waals surface area contributed by atoms with Gasteiger partial charge in [-0.25, -0.2) is 4.79 Å². The van der Waals surface area contributed by atoms with Crippen LogP contribution in [0.1, 0.15) is 25.0 Å². The van der Waals surface area contributed by atoms with Crippen LogP contribution in [0.15, 0.2) is 78.9 Å². The largest absolute Gasteiger partial charge is 0.445 e. The van der Waals surface area contributed by atoms with E-state index in [0.717, 1.165) is 16.7 Å². The average Bonchev–Trinajstić information content (AvgIpc) is 2.88. The molecule has 1 heterocycles. The molecule has 0 aromatic heterocycles. The highest BCUT2D eigenvalue weighted by molar-refractivity contribution is 6.04. The van der Waals surface area contributed by atoms with Gasteiger partial charge in [0.2, 0.25) is 0 Å². The van der Waals surface area contributed by atoms with Crippen LogP contribution in [0.2, 0.25) is 0 Å². The molecule has 0 aliphatic carbocycles. The number of ether oxygens (including phenoxy) is 1. The fraction of sp³-hybridized carbons (Fsp3) is 0.190. The van der Waals surface area contributed by atoms with Crippen molar-refractivity contribution >= 4 is 11.5 Å². The molecule has 2 aromatic carbocycles. The summed E-state index contributed by atoms with van der Waals surface area (Å²) in [5, 5.41) is 0. The van der Waals surface area contributed by atoms with E-state index >= 15 is 0 Å². The number of hydrogen-bond donors (Lipinski definition) is 0. The Hall–Kier alpha value is -2.61. The summed E-state index contributed by atoms with van der Waals surface area (Å²) in [7, 11) is 0. The number of hydrogen-bond acceptors (Lipinski definition) is 2. The summed E-state index contributed by atoms with van der Waals surface area (Å²) < 4.78 is 5.98. The van der Waals surface area contributed by atoms with Crippen LogP contribution in [-0.4, -0.2) is 5.97 Å². The SMILES string of the molecule is C=CC(C)C1(c2ccccc2)OC(=O)C(C)=C1c1ccccc1. The van der Waals surface area contributed by atoms with Crippen LogP contribution >= 0.6 is 0 Å². The van der Waals surface area contributed by atoms with Crippen molar-refractivity contribution in [3.05, 3.63) is 90.0 Å². The van der Waals surface area contributed by atoms with Crippen molar-refractivity contribution in [1.82, 2.24) is 0 Å². The van der Waals surface area contributed by atoms with E-state index in [1.165, 1.54) is 0 Å². The van der Waals surface area contributed by atoms with Crippen LogP contribution in [-0.2, 0) is 15.1 Å². The molecule has 23 heavy (non-hydrogen) atoms. The van der Waals surface area contributed by atoms with E-state index in [-0.39, 0.29) is 11.9 Å². The minimum absolute atomic E-state index is 0.0542. The molecule has 0 saturated carbocycles. The van der Waals surface area contributed by atoms with E-state index in [0.29, 0.717) is 5.57 Å². The number of carbonyl (C=O) groups excluding carboxylic acids is 1. The monoisotopic (exact) mass is 304 g/mol. The van der Waals surface area contributed by atoms with Crippen LogP contribution in [0.4, 0.5) is 0 Å². The van der Waals surface area contributed by atoms with Crippen LogP contribution in [0.25, 0.3) is 5.57 Å². The maximum Gasteiger partial charge on any atom is 0.335 e. The van der Waals surface area contributed by atoms with Gasteiger partial charge in [-0.3, -0.25) is 0 Å². The van der Waals surface area contributed by atoms with Gasteiger partial charge in [0, 0.05) is 22.6 Å². The molecule has 2 atom stereocenters. The van der Waals surface area contributed by atoms with Gasteiger partial charge in [0.15, 0.2) is 5.60 Å². The van der Waals surface area contributed by atoms with Crippen molar-refractivity contribution < 1.29 is 9.53 Å². The van der Waals surface area contributed by atoms with E-state index in [9.17, 15) is 4.79 Å². The second-order valence-corrected chi connectivity index (χ2v) is 5.88. The fourth-order valence-corrected chi connectivity index (χ4v) is 3.33. The molecular formula is C21H20O2. The van der Waals surface area contributed by atoms with Gasteiger partial charge in [-0.05, 0) is 12.5 Å². The molecule has 0 bridgehead atoms. The lowest BCUT2D eigenvalue weighted by atomic mass is 9.73. The van der Waals surface area contributed by atoms with Gasteiger partial charge in [-0.15, -0.1) is 6.58 Å². The Labute approximate surface area is 137 Å². The molecule has 2 heteroatoms. The topological polar surface area (TPSA) is 26.3 Å². The highest BCUT2D eigenvalue weighted by atomic mass is 16.6. The smallest absolute Gasteiger partial charge is 0.335 e. The van der Waals surface area contributed by atoms with Crippen LogP contribution < -0.4 is 0 Å². The molecule has 2 nitrogen and oxygen atoms in total. The minimum atomic E-state index is -0.828. The molecule has 0 amide bonds. The average molecular weight is 304 g/mol. The molecule has 0 spiro atoms. The summed E-state index contributed by atoms with van der Waals surface area (Å²) in [6, 6.07) is 19.9. The van der Waals surface area contributed by atoms with Gasteiger partial charge in [0.05, 0.1) is 0 Å². The second-order valence-electron chi connectivity index (χ2n) is 5.88. The van der Waals surface area contributed by atoms with Crippen molar-refractivity contribution in [3.63, 3.8) is 0 Å². The first kappa shape index (κ1) is 15.3. The molecule has 1 aliphatic rings. The van der Waals surface area contributed by atoms with E-state index in [1.54, 1.807) is 0 Å². The van der Waals surface area contributed by atoms with Gasteiger partial charge < -0.3 is 4.74 Å². The molecule has 2 aromatic rings. The zero-order valence-electron chi connectivity index (χ0n) is 13.5. The van der Waals surface area contributed by atoms with Gasteiger partial charge in [-0.2, -0.15) is 0 Å². The molecule has 0 N–H and O–H groups in total. The van der Waals surface area contributed by atoms with E-state index in [2.05, 4.69) is 6.58 Å².